The molecule has 0 unspecified atom stereocenters. The first kappa shape index (κ1) is 10.7. The molecule has 0 saturated carbocycles. The highest BCUT2D eigenvalue weighted by Gasteiger charge is 2.30. The number of nitrogen functional groups attached to an aromatic ring is 1. The number of nitrogens with two attached hydrogens (primary N) is 1. The summed E-state index contributed by atoms with van der Waals surface area (Å²) in [4.78, 5) is 0.0238. The quantitative estimate of drug-likeness (QED) is 0.624. The number of hydrogen-bond acceptors (Lipinski definition) is 2. The van der Waals surface area contributed by atoms with Crippen molar-refractivity contribution in [2.24, 2.45) is 0 Å². The predicted octanol–water partition coefficient (Wildman–Crippen LogP) is 3.64. The Labute approximate surface area is 85.6 Å². The van der Waals surface area contributed by atoms with E-state index in [1.54, 1.807) is 0 Å². The number of hydrogen-bond donors (Lipinski definition) is 1. The van der Waals surface area contributed by atoms with Gasteiger partial charge in [0.05, 0.1) is 0 Å². The summed E-state index contributed by atoms with van der Waals surface area (Å²) in [6, 6.07) is 4.29. The van der Waals surface area contributed by atoms with E-state index in [0.717, 1.165) is 0 Å². The van der Waals surface area contributed by atoms with Crippen molar-refractivity contribution in [2.75, 3.05) is 5.73 Å². The minimum absolute atomic E-state index is 0.0238. The molecule has 0 atom stereocenters. The van der Waals surface area contributed by atoms with Crippen LogP contribution in [0.2, 0.25) is 0 Å². The van der Waals surface area contributed by atoms with Gasteiger partial charge in [-0.1, -0.05) is 15.9 Å². The number of alkyl halides is 3. The van der Waals surface area contributed by atoms with E-state index >= 15 is 0 Å². The Hall–Kier alpha value is -0.360. The molecule has 0 radical (unpaired) electrons. The molecular weight excluding hydrogens is 267 g/mol. The monoisotopic (exact) mass is 271 g/mol. The van der Waals surface area contributed by atoms with Gasteiger partial charge in [-0.15, -0.1) is 0 Å². The zero-order valence-electron chi connectivity index (χ0n) is 6.23. The van der Waals surface area contributed by atoms with E-state index in [1.807, 2.05) is 0 Å². The molecule has 0 bridgehead atoms. The van der Waals surface area contributed by atoms with Crippen LogP contribution in [0.25, 0.3) is 0 Å². The van der Waals surface area contributed by atoms with Crippen LogP contribution < -0.4 is 5.73 Å². The fourth-order valence-corrected chi connectivity index (χ4v) is 1.68. The van der Waals surface area contributed by atoms with Crippen molar-refractivity contribution in [3.63, 3.8) is 0 Å². The van der Waals surface area contributed by atoms with Crippen LogP contribution in [0.5, 0.6) is 0 Å². The van der Waals surface area contributed by atoms with E-state index in [1.165, 1.54) is 18.2 Å². The molecule has 1 nitrogen and oxygen atoms in total. The maximum absolute atomic E-state index is 11.9. The molecule has 0 spiro atoms. The van der Waals surface area contributed by atoms with Crippen molar-refractivity contribution in [1.29, 1.82) is 0 Å². The van der Waals surface area contributed by atoms with Gasteiger partial charge in [0.2, 0.25) is 0 Å². The van der Waals surface area contributed by atoms with Crippen molar-refractivity contribution in [3.8, 4) is 0 Å². The van der Waals surface area contributed by atoms with Gasteiger partial charge in [-0.25, -0.2) is 0 Å². The lowest BCUT2D eigenvalue weighted by molar-refractivity contribution is -0.0327. The van der Waals surface area contributed by atoms with E-state index < -0.39 is 5.51 Å². The summed E-state index contributed by atoms with van der Waals surface area (Å²) < 4.78 is 36.4. The molecule has 0 aliphatic rings. The van der Waals surface area contributed by atoms with Gasteiger partial charge in [0.1, 0.15) is 0 Å². The molecule has 13 heavy (non-hydrogen) atoms. The maximum Gasteiger partial charge on any atom is 0.446 e. The van der Waals surface area contributed by atoms with E-state index in [4.69, 9.17) is 5.73 Å². The molecule has 72 valence electrons. The average Bonchev–Trinajstić information content (AvgIpc) is 1.93. The van der Waals surface area contributed by atoms with E-state index in [9.17, 15) is 13.2 Å². The highest BCUT2D eigenvalue weighted by Crippen LogP contribution is 2.40. The fourth-order valence-electron chi connectivity index (χ4n) is 0.737. The minimum Gasteiger partial charge on any atom is -0.398 e. The molecule has 1 aromatic rings. The SMILES string of the molecule is Nc1cc(Br)ccc1SC(F)(F)F. The van der Waals surface area contributed by atoms with Crippen molar-refractivity contribution in [2.45, 2.75) is 10.4 Å². The van der Waals surface area contributed by atoms with Gasteiger partial charge in [-0.2, -0.15) is 13.2 Å². The van der Waals surface area contributed by atoms with Crippen LogP contribution in [0, 0.1) is 0 Å². The Morgan fingerprint density at radius 1 is 1.31 bits per heavy atom. The lowest BCUT2D eigenvalue weighted by Gasteiger charge is -2.07. The first-order chi connectivity index (χ1) is 5.88. The number of halogens is 4. The van der Waals surface area contributed by atoms with Crippen LogP contribution in [0.4, 0.5) is 18.9 Å². The van der Waals surface area contributed by atoms with Crippen LogP contribution in [-0.2, 0) is 0 Å². The number of rotatable bonds is 1. The zero-order valence-corrected chi connectivity index (χ0v) is 8.63. The van der Waals surface area contributed by atoms with Gasteiger partial charge in [0, 0.05) is 15.1 Å². The lowest BCUT2D eigenvalue weighted by Crippen LogP contribution is -2.00. The number of benzene rings is 1. The Morgan fingerprint density at radius 3 is 2.38 bits per heavy atom. The second kappa shape index (κ2) is 3.79. The molecule has 0 aromatic heterocycles. The molecule has 0 fully saturated rings. The summed E-state index contributed by atoms with van der Waals surface area (Å²) in [6.45, 7) is 0. The largest absolute Gasteiger partial charge is 0.446 e. The molecular formula is C7H5BrF3NS. The van der Waals surface area contributed by atoms with Crippen LogP contribution in [0.3, 0.4) is 0 Å². The van der Waals surface area contributed by atoms with Crippen LogP contribution in [0.1, 0.15) is 0 Å². The highest BCUT2D eigenvalue weighted by atomic mass is 79.9. The topological polar surface area (TPSA) is 26.0 Å². The van der Waals surface area contributed by atoms with Gasteiger partial charge < -0.3 is 5.73 Å². The highest BCUT2D eigenvalue weighted by molar-refractivity contribution is 9.10. The van der Waals surface area contributed by atoms with Crippen LogP contribution in [0.15, 0.2) is 27.6 Å². The standard InChI is InChI=1S/C7H5BrF3NS/c8-4-1-2-6(5(12)3-4)13-7(9,10)11/h1-3H,12H2. The van der Waals surface area contributed by atoms with E-state index in [-0.39, 0.29) is 22.3 Å². The Morgan fingerprint density at radius 2 is 1.92 bits per heavy atom. The molecule has 0 saturated heterocycles. The second-order valence-electron chi connectivity index (χ2n) is 2.23. The van der Waals surface area contributed by atoms with Gasteiger partial charge in [-0.3, -0.25) is 0 Å². The molecule has 0 aliphatic heterocycles. The Balaban J connectivity index is 2.90. The van der Waals surface area contributed by atoms with E-state index in [2.05, 4.69) is 15.9 Å². The maximum atomic E-state index is 11.9. The zero-order chi connectivity index (χ0) is 10.1. The minimum atomic E-state index is -4.29. The van der Waals surface area contributed by atoms with Gasteiger partial charge >= 0.3 is 5.51 Å². The Bertz CT molecular complexity index is 313. The molecule has 6 heteroatoms. The molecule has 2 N–H and O–H groups in total. The summed E-state index contributed by atoms with van der Waals surface area (Å²) in [7, 11) is 0. The van der Waals surface area contributed by atoms with Crippen molar-refractivity contribution in [1.82, 2.24) is 0 Å². The molecule has 0 heterocycles. The first-order valence-electron chi connectivity index (χ1n) is 3.19. The third-order valence-electron chi connectivity index (χ3n) is 1.20. The number of thioether (sulfide) groups is 1. The van der Waals surface area contributed by atoms with Gasteiger partial charge in [-0.05, 0) is 30.0 Å². The molecule has 1 rings (SSSR count). The summed E-state index contributed by atoms with van der Waals surface area (Å²) in [5, 5.41) is 0. The molecule has 0 amide bonds. The van der Waals surface area contributed by atoms with Gasteiger partial charge in [0.15, 0.2) is 0 Å². The summed E-state index contributed by atoms with van der Waals surface area (Å²) >= 11 is 2.90. The third kappa shape index (κ3) is 3.48. The van der Waals surface area contributed by atoms with Crippen LogP contribution >= 0.6 is 27.7 Å². The van der Waals surface area contributed by atoms with E-state index in [0.29, 0.717) is 4.47 Å². The predicted molar refractivity (Wildman–Crippen MR) is 50.5 cm³/mol. The summed E-state index contributed by atoms with van der Waals surface area (Å²) in [5.41, 5.74) is 1.21. The third-order valence-corrected chi connectivity index (χ3v) is 2.51. The number of anilines is 1. The normalized spacial score (nSPS) is 11.7. The van der Waals surface area contributed by atoms with Crippen molar-refractivity contribution >= 4 is 33.4 Å². The van der Waals surface area contributed by atoms with Crippen LogP contribution in [-0.4, -0.2) is 5.51 Å². The summed E-state index contributed by atoms with van der Waals surface area (Å²) in [6.07, 6.45) is 0. The van der Waals surface area contributed by atoms with Crippen molar-refractivity contribution in [3.05, 3.63) is 22.7 Å². The van der Waals surface area contributed by atoms with Crippen molar-refractivity contribution < 1.29 is 13.2 Å². The first-order valence-corrected chi connectivity index (χ1v) is 4.80. The fraction of sp³-hybridized carbons (Fsp3) is 0.143. The lowest BCUT2D eigenvalue weighted by atomic mass is 10.3. The molecule has 0 aliphatic carbocycles. The molecule has 1 aromatic carbocycles. The summed E-state index contributed by atoms with van der Waals surface area (Å²) in [5.74, 6) is 0. The van der Waals surface area contributed by atoms with Gasteiger partial charge in [0.25, 0.3) is 0 Å². The average molecular weight is 272 g/mol. The Kier molecular flexibility index (Phi) is 3.13. The second-order valence-corrected chi connectivity index (χ2v) is 4.25. The smallest absolute Gasteiger partial charge is 0.398 e.